The molecule has 1 amide bonds. The van der Waals surface area contributed by atoms with Gasteiger partial charge in [-0.15, -0.1) is 11.3 Å². The van der Waals surface area contributed by atoms with Gasteiger partial charge in [0.2, 0.25) is 0 Å². The van der Waals surface area contributed by atoms with Gasteiger partial charge in [0.15, 0.2) is 34.6 Å². The molecule has 0 radical (unpaired) electrons. The molecule has 0 bridgehead atoms. The van der Waals surface area contributed by atoms with Crippen LogP contribution in [0.25, 0.3) is 16.9 Å². The molecule has 5 rings (SSSR count). The van der Waals surface area contributed by atoms with E-state index in [0.29, 0.717) is 35.5 Å². The fraction of sp³-hybridized carbons (Fsp3) is 0.190. The quantitative estimate of drug-likeness (QED) is 0.529. The number of nitrogens with zero attached hydrogens (tertiary/aromatic N) is 3. The molecule has 4 heterocycles. The molecule has 152 valence electrons. The standard InChI is InChI=1S/C21H18N4O4S/c1-13-10-25-6-2-3-17(20(25)22-13)29-11-19(26)24-21-23-15(12-30-21)14-4-5-16-18(9-14)28-8-7-27-16/h2-6,9-10,12H,7-8,11H2,1H3,(H,23,24,26). The smallest absolute Gasteiger partial charge is 0.264 e. The number of thiazole rings is 1. The number of imidazole rings is 1. The maximum Gasteiger partial charge on any atom is 0.264 e. The summed E-state index contributed by atoms with van der Waals surface area (Å²) in [7, 11) is 0. The van der Waals surface area contributed by atoms with Gasteiger partial charge in [-0.1, -0.05) is 0 Å². The SMILES string of the molecule is Cc1cn2cccc(OCC(=O)Nc3nc(-c4ccc5c(c4)OCCO5)cs3)c2n1. The molecule has 1 aliphatic rings. The Balaban J connectivity index is 1.24. The molecule has 0 saturated carbocycles. The summed E-state index contributed by atoms with van der Waals surface area (Å²) in [6, 6.07) is 9.32. The van der Waals surface area contributed by atoms with E-state index in [1.807, 2.05) is 53.4 Å². The lowest BCUT2D eigenvalue weighted by Gasteiger charge is -2.18. The molecule has 4 aromatic rings. The van der Waals surface area contributed by atoms with E-state index in [2.05, 4.69) is 15.3 Å². The summed E-state index contributed by atoms with van der Waals surface area (Å²) in [6.07, 6.45) is 3.79. The van der Waals surface area contributed by atoms with Crippen molar-refractivity contribution in [2.75, 3.05) is 25.1 Å². The molecular weight excluding hydrogens is 404 g/mol. The first-order valence-corrected chi connectivity index (χ1v) is 10.3. The predicted molar refractivity (Wildman–Crippen MR) is 113 cm³/mol. The van der Waals surface area contributed by atoms with E-state index in [9.17, 15) is 4.79 Å². The fourth-order valence-corrected chi connectivity index (χ4v) is 3.92. The van der Waals surface area contributed by atoms with Crippen LogP contribution in [0.5, 0.6) is 17.2 Å². The van der Waals surface area contributed by atoms with E-state index in [4.69, 9.17) is 14.2 Å². The van der Waals surface area contributed by atoms with Crippen LogP contribution < -0.4 is 19.5 Å². The van der Waals surface area contributed by atoms with Gasteiger partial charge in [0, 0.05) is 23.3 Å². The van der Waals surface area contributed by atoms with Gasteiger partial charge >= 0.3 is 0 Å². The minimum atomic E-state index is -0.289. The number of carbonyl (C=O) groups is 1. The molecule has 0 saturated heterocycles. The van der Waals surface area contributed by atoms with Crippen molar-refractivity contribution >= 4 is 28.0 Å². The van der Waals surface area contributed by atoms with E-state index in [0.717, 1.165) is 22.7 Å². The highest BCUT2D eigenvalue weighted by molar-refractivity contribution is 7.14. The first kappa shape index (κ1) is 18.4. The van der Waals surface area contributed by atoms with Crippen molar-refractivity contribution in [2.45, 2.75) is 6.92 Å². The van der Waals surface area contributed by atoms with Crippen molar-refractivity contribution in [3.05, 3.63) is 53.8 Å². The van der Waals surface area contributed by atoms with Gasteiger partial charge < -0.3 is 18.6 Å². The summed E-state index contributed by atoms with van der Waals surface area (Å²) >= 11 is 1.35. The molecule has 0 aliphatic carbocycles. The van der Waals surface area contributed by atoms with Crippen LogP contribution >= 0.6 is 11.3 Å². The Labute approximate surface area is 176 Å². The van der Waals surface area contributed by atoms with Crippen LogP contribution in [0, 0.1) is 6.92 Å². The zero-order valence-electron chi connectivity index (χ0n) is 16.1. The highest BCUT2D eigenvalue weighted by Crippen LogP contribution is 2.35. The first-order valence-electron chi connectivity index (χ1n) is 9.38. The molecule has 0 fully saturated rings. The number of amides is 1. The second kappa shape index (κ2) is 7.68. The average molecular weight is 422 g/mol. The minimum Gasteiger partial charge on any atom is -0.486 e. The number of ether oxygens (including phenoxy) is 3. The summed E-state index contributed by atoms with van der Waals surface area (Å²) < 4.78 is 18.7. The summed E-state index contributed by atoms with van der Waals surface area (Å²) in [6.45, 7) is 2.85. The van der Waals surface area contributed by atoms with Crippen LogP contribution in [0.15, 0.2) is 48.1 Å². The number of rotatable bonds is 5. The molecule has 8 nitrogen and oxygen atoms in total. The van der Waals surface area contributed by atoms with Gasteiger partial charge in [-0.3, -0.25) is 10.1 Å². The van der Waals surface area contributed by atoms with E-state index in [-0.39, 0.29) is 12.5 Å². The Kier molecular flexibility index (Phi) is 4.72. The zero-order valence-corrected chi connectivity index (χ0v) is 16.9. The van der Waals surface area contributed by atoms with Crippen molar-refractivity contribution in [1.82, 2.24) is 14.4 Å². The third-order valence-corrected chi connectivity index (χ3v) is 5.27. The summed E-state index contributed by atoms with van der Waals surface area (Å²) in [5.74, 6) is 1.70. The van der Waals surface area contributed by atoms with Crippen LogP contribution in [0.3, 0.4) is 0 Å². The van der Waals surface area contributed by atoms with E-state index in [1.165, 1.54) is 11.3 Å². The number of pyridine rings is 1. The van der Waals surface area contributed by atoms with Gasteiger partial charge in [0.1, 0.15) is 13.2 Å². The van der Waals surface area contributed by atoms with Crippen molar-refractivity contribution in [1.29, 1.82) is 0 Å². The van der Waals surface area contributed by atoms with Crippen molar-refractivity contribution in [3.8, 4) is 28.5 Å². The number of aryl methyl sites for hydroxylation is 1. The number of nitrogens with one attached hydrogen (secondary N) is 1. The molecule has 1 aromatic carbocycles. The molecule has 0 spiro atoms. The van der Waals surface area contributed by atoms with E-state index >= 15 is 0 Å². The van der Waals surface area contributed by atoms with Gasteiger partial charge in [-0.25, -0.2) is 9.97 Å². The third kappa shape index (κ3) is 3.67. The molecule has 0 atom stereocenters. The Hall–Kier alpha value is -3.59. The van der Waals surface area contributed by atoms with Crippen molar-refractivity contribution in [2.24, 2.45) is 0 Å². The van der Waals surface area contributed by atoms with Crippen LogP contribution in [-0.2, 0) is 4.79 Å². The molecule has 1 N–H and O–H groups in total. The third-order valence-electron chi connectivity index (χ3n) is 4.51. The van der Waals surface area contributed by atoms with Gasteiger partial charge in [-0.05, 0) is 37.3 Å². The lowest BCUT2D eigenvalue weighted by atomic mass is 10.1. The highest BCUT2D eigenvalue weighted by Gasteiger charge is 2.15. The number of aromatic nitrogens is 3. The molecule has 0 unspecified atom stereocenters. The van der Waals surface area contributed by atoms with Crippen molar-refractivity contribution < 1.29 is 19.0 Å². The second-order valence-corrected chi connectivity index (χ2v) is 7.58. The van der Waals surface area contributed by atoms with Crippen LogP contribution in [0.4, 0.5) is 5.13 Å². The van der Waals surface area contributed by atoms with Crippen LogP contribution in [-0.4, -0.2) is 40.1 Å². The van der Waals surface area contributed by atoms with Gasteiger partial charge in [-0.2, -0.15) is 0 Å². The van der Waals surface area contributed by atoms with E-state index in [1.54, 1.807) is 6.07 Å². The summed E-state index contributed by atoms with van der Waals surface area (Å²) in [5, 5.41) is 5.17. The Morgan fingerprint density at radius 1 is 1.23 bits per heavy atom. The van der Waals surface area contributed by atoms with Gasteiger partial charge in [0.05, 0.1) is 11.4 Å². The number of anilines is 1. The second-order valence-electron chi connectivity index (χ2n) is 6.72. The lowest BCUT2D eigenvalue weighted by Crippen LogP contribution is -2.20. The summed E-state index contributed by atoms with van der Waals surface area (Å²) in [4.78, 5) is 21.2. The lowest BCUT2D eigenvalue weighted by molar-refractivity contribution is -0.118. The topological polar surface area (TPSA) is 87.0 Å². The first-order chi connectivity index (χ1) is 14.7. The molecule has 1 aliphatic heterocycles. The average Bonchev–Trinajstić information content (AvgIpc) is 3.37. The van der Waals surface area contributed by atoms with Crippen LogP contribution in [0.2, 0.25) is 0 Å². The predicted octanol–water partition coefficient (Wildman–Crippen LogP) is 3.55. The molecular formula is C21H18N4O4S. The normalized spacial score (nSPS) is 12.7. The Morgan fingerprint density at radius 2 is 2.10 bits per heavy atom. The molecule has 30 heavy (non-hydrogen) atoms. The zero-order chi connectivity index (χ0) is 20.5. The monoisotopic (exact) mass is 422 g/mol. The van der Waals surface area contributed by atoms with Crippen molar-refractivity contribution in [3.63, 3.8) is 0 Å². The van der Waals surface area contributed by atoms with Crippen LogP contribution in [0.1, 0.15) is 5.69 Å². The number of fused-ring (bicyclic) bond motifs is 2. The molecule has 3 aromatic heterocycles. The maximum atomic E-state index is 12.3. The number of carbonyl (C=O) groups excluding carboxylic acids is 1. The Bertz CT molecular complexity index is 1230. The highest BCUT2D eigenvalue weighted by atomic mass is 32.1. The summed E-state index contributed by atoms with van der Waals surface area (Å²) in [5.41, 5.74) is 3.21. The van der Waals surface area contributed by atoms with Gasteiger partial charge in [0.25, 0.3) is 5.91 Å². The largest absolute Gasteiger partial charge is 0.486 e. The number of hydrogen-bond donors (Lipinski definition) is 1. The fourth-order valence-electron chi connectivity index (χ4n) is 3.19. The number of benzene rings is 1. The number of hydrogen-bond acceptors (Lipinski definition) is 7. The minimum absolute atomic E-state index is 0.134. The Morgan fingerprint density at radius 3 is 3.00 bits per heavy atom. The van der Waals surface area contributed by atoms with E-state index < -0.39 is 0 Å². The maximum absolute atomic E-state index is 12.3. The molecule has 9 heteroatoms.